The number of ether oxygens (including phenoxy) is 2. The molecule has 0 aromatic heterocycles. The van der Waals surface area contributed by atoms with Gasteiger partial charge in [-0.2, -0.15) is 0 Å². The lowest BCUT2D eigenvalue weighted by molar-refractivity contribution is -0.564. The van der Waals surface area contributed by atoms with Gasteiger partial charge in [-0.3, -0.25) is 25.0 Å². The van der Waals surface area contributed by atoms with Crippen molar-refractivity contribution >= 4 is 5.69 Å². The van der Waals surface area contributed by atoms with Crippen LogP contribution in [0, 0.1) is 20.2 Å². The first-order valence-corrected chi connectivity index (χ1v) is 4.69. The second-order valence-corrected chi connectivity index (χ2v) is 3.53. The molecule has 17 heavy (non-hydrogen) atoms. The molecule has 0 aliphatic carbocycles. The zero-order valence-corrected chi connectivity index (χ0v) is 8.57. The summed E-state index contributed by atoms with van der Waals surface area (Å²) >= 11 is 0. The van der Waals surface area contributed by atoms with Crippen LogP contribution in [0.3, 0.4) is 0 Å². The number of hydrogen-bond acceptors (Lipinski definition) is 6. The molecule has 1 aliphatic heterocycles. The fourth-order valence-corrected chi connectivity index (χ4v) is 1.18. The third kappa shape index (κ3) is 2.31. The maximum Gasteiger partial charge on any atom is 0.382 e. The van der Waals surface area contributed by atoms with Crippen LogP contribution in [-0.2, 0) is 4.74 Å². The molecule has 0 spiro atoms. The van der Waals surface area contributed by atoms with Gasteiger partial charge in [0.25, 0.3) is 5.69 Å². The molecule has 0 unspecified atom stereocenters. The van der Waals surface area contributed by atoms with E-state index in [1.165, 1.54) is 24.3 Å². The van der Waals surface area contributed by atoms with E-state index < -0.39 is 15.6 Å². The van der Waals surface area contributed by atoms with Gasteiger partial charge in [0.1, 0.15) is 5.75 Å². The summed E-state index contributed by atoms with van der Waals surface area (Å²) in [6.07, 6.45) is 0. The first-order valence-electron chi connectivity index (χ1n) is 4.69. The lowest BCUT2D eigenvalue weighted by Gasteiger charge is -2.06. The number of epoxide rings is 1. The largest absolute Gasteiger partial charge is 0.483 e. The summed E-state index contributed by atoms with van der Waals surface area (Å²) in [6, 6.07) is 5.30. The van der Waals surface area contributed by atoms with Gasteiger partial charge in [0.05, 0.1) is 9.85 Å². The number of nitrogens with zero attached hydrogens (tertiary/aromatic N) is 2. The number of rotatable bonds is 5. The van der Waals surface area contributed by atoms with Gasteiger partial charge >= 0.3 is 5.72 Å². The van der Waals surface area contributed by atoms with Crippen LogP contribution >= 0.6 is 0 Å². The molecule has 0 saturated carbocycles. The third-order valence-corrected chi connectivity index (χ3v) is 2.32. The molecule has 0 bridgehead atoms. The van der Waals surface area contributed by atoms with Crippen molar-refractivity contribution in [3.63, 3.8) is 0 Å². The van der Waals surface area contributed by atoms with Crippen molar-refractivity contribution in [1.29, 1.82) is 0 Å². The molecule has 1 atom stereocenters. The van der Waals surface area contributed by atoms with E-state index in [0.717, 1.165) is 0 Å². The highest BCUT2D eigenvalue weighted by Crippen LogP contribution is 2.28. The molecule has 1 aromatic carbocycles. The molecule has 8 nitrogen and oxygen atoms in total. The van der Waals surface area contributed by atoms with Gasteiger partial charge in [-0.25, -0.2) is 0 Å². The van der Waals surface area contributed by atoms with E-state index in [1.807, 2.05) is 0 Å². The van der Waals surface area contributed by atoms with Gasteiger partial charge in [-0.1, -0.05) is 0 Å². The van der Waals surface area contributed by atoms with Crippen LogP contribution in [0.15, 0.2) is 24.3 Å². The average molecular weight is 240 g/mol. The Labute approximate surface area is 95.1 Å². The molecule has 1 saturated heterocycles. The minimum atomic E-state index is -1.44. The number of nitro groups is 2. The Morgan fingerprint density at radius 3 is 2.29 bits per heavy atom. The number of benzene rings is 1. The second-order valence-electron chi connectivity index (χ2n) is 3.53. The Morgan fingerprint density at radius 1 is 1.29 bits per heavy atom. The summed E-state index contributed by atoms with van der Waals surface area (Å²) in [5.41, 5.74) is -1.51. The Kier molecular flexibility index (Phi) is 2.64. The number of nitro benzene ring substituents is 1. The molecule has 0 N–H and O–H groups in total. The summed E-state index contributed by atoms with van der Waals surface area (Å²) < 4.78 is 9.85. The van der Waals surface area contributed by atoms with E-state index in [0.29, 0.717) is 5.75 Å². The Balaban J connectivity index is 1.96. The first-order chi connectivity index (χ1) is 8.03. The van der Waals surface area contributed by atoms with Crippen molar-refractivity contribution < 1.29 is 19.3 Å². The standard InChI is InChI=1S/C9H8N2O6/c12-10(13)7-1-3-8(4-2-7)16-5-9(6-17-9)11(14)15/h1-4H,5-6H2/t9-/m1/s1. The molecular weight excluding hydrogens is 232 g/mol. The van der Waals surface area contributed by atoms with Crippen molar-refractivity contribution in [2.24, 2.45) is 0 Å². The average Bonchev–Trinajstić information content (AvgIpc) is 3.08. The quantitative estimate of drug-likeness (QED) is 0.431. The van der Waals surface area contributed by atoms with Crippen LogP contribution in [0.2, 0.25) is 0 Å². The van der Waals surface area contributed by atoms with Crippen molar-refractivity contribution in [3.05, 3.63) is 44.5 Å². The lowest BCUT2D eigenvalue weighted by atomic mass is 10.3. The van der Waals surface area contributed by atoms with E-state index in [2.05, 4.69) is 0 Å². The van der Waals surface area contributed by atoms with Crippen LogP contribution in [0.25, 0.3) is 0 Å². The van der Waals surface area contributed by atoms with E-state index in [1.54, 1.807) is 0 Å². The van der Waals surface area contributed by atoms with Crippen molar-refractivity contribution in [3.8, 4) is 5.75 Å². The molecule has 1 fully saturated rings. The number of non-ortho nitro benzene ring substituents is 1. The predicted molar refractivity (Wildman–Crippen MR) is 54.3 cm³/mol. The summed E-state index contributed by atoms with van der Waals surface area (Å²) in [5.74, 6) is 0.326. The second kappa shape index (κ2) is 3.98. The number of hydrogen-bond donors (Lipinski definition) is 0. The van der Waals surface area contributed by atoms with Crippen LogP contribution in [0.4, 0.5) is 5.69 Å². The molecule has 1 heterocycles. The maximum atomic E-state index is 10.6. The zero-order valence-electron chi connectivity index (χ0n) is 8.57. The van der Waals surface area contributed by atoms with E-state index in [4.69, 9.17) is 9.47 Å². The lowest BCUT2D eigenvalue weighted by Crippen LogP contribution is -2.30. The fourth-order valence-electron chi connectivity index (χ4n) is 1.18. The van der Waals surface area contributed by atoms with E-state index >= 15 is 0 Å². The molecule has 90 valence electrons. The van der Waals surface area contributed by atoms with Gasteiger partial charge in [0.15, 0.2) is 13.2 Å². The maximum absolute atomic E-state index is 10.6. The molecule has 1 aliphatic rings. The van der Waals surface area contributed by atoms with Gasteiger partial charge < -0.3 is 4.74 Å². The Bertz CT molecular complexity index is 453. The molecule has 2 rings (SSSR count). The molecule has 0 radical (unpaired) electrons. The van der Waals surface area contributed by atoms with Crippen LogP contribution < -0.4 is 4.74 Å². The van der Waals surface area contributed by atoms with Crippen LogP contribution in [0.5, 0.6) is 5.75 Å². The summed E-state index contributed by atoms with van der Waals surface area (Å²) in [7, 11) is 0. The smallest absolute Gasteiger partial charge is 0.382 e. The Hall–Kier alpha value is -2.22. The minimum Gasteiger partial charge on any atom is -0.483 e. The van der Waals surface area contributed by atoms with Gasteiger partial charge in [0, 0.05) is 12.1 Å². The van der Waals surface area contributed by atoms with Gasteiger partial charge in [-0.05, 0) is 12.1 Å². The summed E-state index contributed by atoms with van der Waals surface area (Å²) in [5, 5.41) is 20.9. The Morgan fingerprint density at radius 2 is 1.88 bits per heavy atom. The predicted octanol–water partition coefficient (Wildman–Crippen LogP) is 0.977. The first kappa shape index (κ1) is 11.3. The third-order valence-electron chi connectivity index (χ3n) is 2.32. The van der Waals surface area contributed by atoms with Crippen molar-refractivity contribution in [2.45, 2.75) is 5.72 Å². The highest BCUT2D eigenvalue weighted by molar-refractivity contribution is 5.36. The van der Waals surface area contributed by atoms with E-state index in [9.17, 15) is 20.2 Å². The minimum absolute atomic E-state index is 0.0208. The van der Waals surface area contributed by atoms with Crippen LogP contribution in [-0.4, -0.2) is 28.8 Å². The fraction of sp³-hybridized carbons (Fsp3) is 0.333. The zero-order chi connectivity index (χ0) is 12.5. The monoisotopic (exact) mass is 240 g/mol. The molecule has 8 heteroatoms. The van der Waals surface area contributed by atoms with Gasteiger partial charge in [0.2, 0.25) is 0 Å². The van der Waals surface area contributed by atoms with Crippen molar-refractivity contribution in [2.75, 3.05) is 13.2 Å². The highest BCUT2D eigenvalue weighted by Gasteiger charge is 2.59. The molecule has 0 amide bonds. The summed E-state index contributed by atoms with van der Waals surface area (Å²) in [4.78, 5) is 19.9. The molecule has 1 aromatic rings. The highest BCUT2D eigenvalue weighted by atomic mass is 16.7. The normalized spacial score (nSPS) is 21.9. The molecular formula is C9H8N2O6. The van der Waals surface area contributed by atoms with Gasteiger partial charge in [-0.15, -0.1) is 0 Å². The topological polar surface area (TPSA) is 108 Å². The van der Waals surface area contributed by atoms with Crippen LogP contribution in [0.1, 0.15) is 0 Å². The van der Waals surface area contributed by atoms with Crippen molar-refractivity contribution in [1.82, 2.24) is 0 Å². The SMILES string of the molecule is O=[N+]([O-])c1ccc(OC[C@]2([N+](=O)[O-])CO2)cc1. The summed E-state index contributed by atoms with van der Waals surface area (Å²) in [6.45, 7) is -0.190. The van der Waals surface area contributed by atoms with E-state index in [-0.39, 0.29) is 18.9 Å².